The predicted molar refractivity (Wildman–Crippen MR) is 51.8 cm³/mol. The molecule has 0 bridgehead atoms. The zero-order valence-corrected chi connectivity index (χ0v) is 12.2. The number of hydrogen-bond donors (Lipinski definition) is 1. The summed E-state index contributed by atoms with van der Waals surface area (Å²) in [6, 6.07) is 0. The number of rotatable bonds is 2. The summed E-state index contributed by atoms with van der Waals surface area (Å²) < 4.78 is -2.12. The summed E-state index contributed by atoms with van der Waals surface area (Å²) in [5.41, 5.74) is 0.322. The van der Waals surface area contributed by atoms with E-state index in [1.54, 1.807) is 0 Å². The van der Waals surface area contributed by atoms with Crippen molar-refractivity contribution in [2.45, 2.75) is 16.3 Å². The van der Waals surface area contributed by atoms with Crippen LogP contribution >= 0.6 is 58.0 Å². The first-order valence-electron chi connectivity index (χ1n) is 2.52. The number of hydrogen-bond acceptors (Lipinski definition) is 1. The topological polar surface area (TPSA) is 20.2 Å². The third-order valence-electron chi connectivity index (χ3n) is 0.938. The molecule has 1 nitrogen and oxygen atoms in total. The minimum atomic E-state index is -2.12. The van der Waals surface area contributed by atoms with Crippen LogP contribution < -0.4 is 29.6 Å². The SMILES string of the molecule is CC(=C(Cl)C(O)(Cl)Cl)C(Cl)Cl.[H-].[Na+]. The molecule has 0 radical (unpaired) electrons. The molecule has 0 aliphatic carbocycles. The van der Waals surface area contributed by atoms with Crippen LogP contribution in [0.5, 0.6) is 0 Å². The largest absolute Gasteiger partial charge is 1.00 e. The van der Waals surface area contributed by atoms with Crippen molar-refractivity contribution in [1.82, 2.24) is 0 Å². The second-order valence-electron chi connectivity index (χ2n) is 1.84. The average Bonchev–Trinajstić information content (AvgIpc) is 1.82. The van der Waals surface area contributed by atoms with Crippen molar-refractivity contribution in [2.75, 3.05) is 0 Å². The molecular weight excluding hydrogens is 276 g/mol. The summed E-state index contributed by atoms with van der Waals surface area (Å²) in [5.74, 6) is 0. The van der Waals surface area contributed by atoms with Gasteiger partial charge in [0.25, 0.3) is 4.52 Å². The Morgan fingerprint density at radius 1 is 1.42 bits per heavy atom. The van der Waals surface area contributed by atoms with Crippen molar-refractivity contribution < 1.29 is 36.1 Å². The van der Waals surface area contributed by atoms with Gasteiger partial charge >= 0.3 is 29.6 Å². The van der Waals surface area contributed by atoms with Crippen LogP contribution in [0.3, 0.4) is 0 Å². The van der Waals surface area contributed by atoms with Crippen LogP contribution in [0.4, 0.5) is 0 Å². The second kappa shape index (κ2) is 6.60. The molecule has 0 rings (SSSR count). The third kappa shape index (κ3) is 5.79. The molecule has 0 unspecified atom stereocenters. The van der Waals surface area contributed by atoms with Gasteiger partial charge in [0, 0.05) is 0 Å². The number of alkyl halides is 4. The van der Waals surface area contributed by atoms with Crippen LogP contribution in [0.25, 0.3) is 0 Å². The predicted octanol–water partition coefficient (Wildman–Crippen LogP) is 0.543. The van der Waals surface area contributed by atoms with Crippen molar-refractivity contribution in [2.24, 2.45) is 0 Å². The van der Waals surface area contributed by atoms with Crippen LogP contribution in [-0.4, -0.2) is 14.5 Å². The van der Waals surface area contributed by atoms with Gasteiger partial charge in [-0.25, -0.2) is 0 Å². The van der Waals surface area contributed by atoms with Gasteiger partial charge < -0.3 is 6.53 Å². The van der Waals surface area contributed by atoms with E-state index in [0.717, 1.165) is 0 Å². The first-order chi connectivity index (χ1) is 4.76. The fraction of sp³-hybridized carbons (Fsp3) is 0.600. The van der Waals surface area contributed by atoms with Crippen LogP contribution in [0.15, 0.2) is 10.6 Å². The summed E-state index contributed by atoms with van der Waals surface area (Å²) >= 11 is 26.8. The molecule has 0 fully saturated rings. The molecule has 0 aromatic heterocycles. The van der Waals surface area contributed by atoms with E-state index in [1.165, 1.54) is 6.92 Å². The second-order valence-corrected chi connectivity index (χ2v) is 4.60. The molecule has 68 valence electrons. The van der Waals surface area contributed by atoms with Gasteiger partial charge in [-0.3, -0.25) is 0 Å². The summed E-state index contributed by atoms with van der Waals surface area (Å²) in [7, 11) is 0. The molecule has 0 atom stereocenters. The van der Waals surface area contributed by atoms with Crippen molar-refractivity contribution in [3.63, 3.8) is 0 Å². The normalized spacial score (nSPS) is 14.0. The molecule has 12 heavy (non-hydrogen) atoms. The Bertz CT molecular complexity index is 178. The molecular formula is C5H6Cl5NaO. The van der Waals surface area contributed by atoms with Gasteiger partial charge in [-0.15, -0.1) is 23.2 Å². The molecule has 0 spiro atoms. The van der Waals surface area contributed by atoms with Crippen molar-refractivity contribution in [3.05, 3.63) is 10.6 Å². The standard InChI is InChI=1S/C5H5Cl5O.Na.H/c1-2(4(7)8)3(6)5(9,10)11;;/h4,11H,1H3;;/q;+1;-1. The Morgan fingerprint density at radius 2 is 1.75 bits per heavy atom. The molecule has 0 aromatic carbocycles. The van der Waals surface area contributed by atoms with E-state index in [9.17, 15) is 0 Å². The van der Waals surface area contributed by atoms with E-state index < -0.39 is 9.36 Å². The minimum absolute atomic E-state index is 0. The monoisotopic (exact) mass is 280 g/mol. The molecule has 7 heteroatoms. The maximum absolute atomic E-state index is 8.93. The van der Waals surface area contributed by atoms with E-state index >= 15 is 0 Å². The first-order valence-corrected chi connectivity index (χ1v) is 4.52. The van der Waals surface area contributed by atoms with Gasteiger partial charge in [-0.2, -0.15) is 0 Å². The summed E-state index contributed by atoms with van der Waals surface area (Å²) in [5, 5.41) is 8.76. The number of allylic oxidation sites excluding steroid dienone is 1. The van der Waals surface area contributed by atoms with Gasteiger partial charge in [0.1, 0.15) is 4.84 Å². The maximum atomic E-state index is 8.93. The first kappa shape index (κ1) is 16.6. The van der Waals surface area contributed by atoms with Gasteiger partial charge in [-0.1, -0.05) is 34.8 Å². The number of halogens is 5. The van der Waals surface area contributed by atoms with E-state index in [1.807, 2.05) is 0 Å². The molecule has 0 saturated heterocycles. The minimum Gasteiger partial charge on any atom is -1.00 e. The van der Waals surface area contributed by atoms with Crippen LogP contribution in [0, 0.1) is 0 Å². The van der Waals surface area contributed by atoms with Gasteiger partial charge in [0.15, 0.2) is 0 Å². The van der Waals surface area contributed by atoms with Crippen molar-refractivity contribution in [1.29, 1.82) is 0 Å². The van der Waals surface area contributed by atoms with Crippen LogP contribution in [0.1, 0.15) is 8.35 Å². The van der Waals surface area contributed by atoms with E-state index in [-0.39, 0.29) is 36.0 Å². The Kier molecular flexibility index (Phi) is 9.12. The Morgan fingerprint density at radius 3 is 1.83 bits per heavy atom. The Labute approximate surface area is 120 Å². The Balaban J connectivity index is -0.000000500. The van der Waals surface area contributed by atoms with E-state index in [4.69, 9.17) is 63.1 Å². The fourth-order valence-corrected chi connectivity index (χ4v) is 1.07. The summed E-state index contributed by atoms with van der Waals surface area (Å²) in [6.45, 7) is 1.52. The average molecular weight is 282 g/mol. The van der Waals surface area contributed by atoms with Gasteiger partial charge in [-0.05, 0) is 12.5 Å². The molecule has 0 aliphatic rings. The smallest absolute Gasteiger partial charge is 1.00 e. The zero-order valence-electron chi connectivity index (χ0n) is 7.41. The van der Waals surface area contributed by atoms with Crippen molar-refractivity contribution in [3.8, 4) is 0 Å². The van der Waals surface area contributed by atoms with Gasteiger partial charge in [0.05, 0.1) is 5.03 Å². The number of aliphatic hydroxyl groups is 1. The molecule has 0 saturated carbocycles. The van der Waals surface area contributed by atoms with Crippen molar-refractivity contribution >= 4 is 58.0 Å². The quantitative estimate of drug-likeness (QED) is 0.579. The molecule has 0 aromatic rings. The maximum Gasteiger partial charge on any atom is 1.00 e. The van der Waals surface area contributed by atoms with E-state index in [0.29, 0.717) is 5.57 Å². The fourth-order valence-electron chi connectivity index (χ4n) is 0.333. The van der Waals surface area contributed by atoms with Crippen LogP contribution in [0.2, 0.25) is 0 Å². The molecule has 0 amide bonds. The zero-order chi connectivity index (χ0) is 9.23. The van der Waals surface area contributed by atoms with E-state index in [2.05, 4.69) is 0 Å². The third-order valence-corrected chi connectivity index (χ3v) is 2.74. The molecule has 0 aliphatic heterocycles. The summed E-state index contributed by atoms with van der Waals surface area (Å²) in [4.78, 5) is -0.827. The molecule has 0 heterocycles. The van der Waals surface area contributed by atoms with Crippen LogP contribution in [-0.2, 0) is 0 Å². The molecule has 1 N–H and O–H groups in total. The summed E-state index contributed by atoms with van der Waals surface area (Å²) in [6.07, 6.45) is 0. The van der Waals surface area contributed by atoms with Gasteiger partial charge in [0.2, 0.25) is 0 Å². The Hall–Kier alpha value is 2.15.